The van der Waals surface area contributed by atoms with Gasteiger partial charge in [-0.1, -0.05) is 13.3 Å². The summed E-state index contributed by atoms with van der Waals surface area (Å²) < 4.78 is 38.4. The summed E-state index contributed by atoms with van der Waals surface area (Å²) in [7, 11) is -2.65. The second kappa shape index (κ2) is 6.00. The number of methoxy groups -OCH3 is 1. The van der Waals surface area contributed by atoms with Gasteiger partial charge < -0.3 is 9.47 Å². The molecule has 1 saturated heterocycles. The van der Waals surface area contributed by atoms with Gasteiger partial charge in [0.05, 0.1) is 19.5 Å². The van der Waals surface area contributed by atoms with E-state index in [9.17, 15) is 18.0 Å². The first-order chi connectivity index (χ1) is 10.3. The van der Waals surface area contributed by atoms with Crippen LogP contribution >= 0.6 is 0 Å². The fraction of sp³-hybridized carbons (Fsp3) is 0.714. The van der Waals surface area contributed by atoms with Gasteiger partial charge in [-0.25, -0.2) is 13.8 Å². The smallest absolute Gasteiger partial charge is 0.344 e. The normalized spacial score (nSPS) is 29.3. The van der Waals surface area contributed by atoms with E-state index in [1.165, 1.54) is 6.92 Å². The Morgan fingerprint density at radius 3 is 2.68 bits per heavy atom. The molecule has 1 aliphatic carbocycles. The summed E-state index contributed by atoms with van der Waals surface area (Å²) >= 11 is 0. The zero-order valence-electron chi connectivity index (χ0n) is 12.9. The van der Waals surface area contributed by atoms with Crippen molar-refractivity contribution in [3.63, 3.8) is 0 Å². The molecular formula is C14H20O7S. The van der Waals surface area contributed by atoms with Crippen molar-refractivity contribution in [1.82, 2.24) is 0 Å². The summed E-state index contributed by atoms with van der Waals surface area (Å²) in [5.41, 5.74) is -1.14. The number of rotatable bonds is 5. The van der Waals surface area contributed by atoms with E-state index in [0.29, 0.717) is 12.2 Å². The lowest BCUT2D eigenvalue weighted by Gasteiger charge is -2.25. The second-order valence-electron chi connectivity index (χ2n) is 5.53. The minimum absolute atomic E-state index is 0.130. The number of fused-ring (bicyclic) bond motifs is 1. The Morgan fingerprint density at radius 1 is 1.41 bits per heavy atom. The molecule has 0 N–H and O–H groups in total. The fourth-order valence-electron chi connectivity index (χ4n) is 3.00. The Bertz CT molecular complexity index is 619. The molecular weight excluding hydrogens is 312 g/mol. The van der Waals surface area contributed by atoms with Crippen LogP contribution in [0.2, 0.25) is 0 Å². The minimum atomic E-state index is -3.81. The molecule has 1 aliphatic heterocycles. The molecule has 7 nitrogen and oxygen atoms in total. The van der Waals surface area contributed by atoms with Gasteiger partial charge in [0, 0.05) is 11.5 Å². The lowest BCUT2D eigenvalue weighted by atomic mass is 9.88. The molecule has 2 rings (SSSR count). The van der Waals surface area contributed by atoms with Crippen molar-refractivity contribution < 1.29 is 31.7 Å². The molecule has 0 amide bonds. The number of carbonyl (C=O) groups excluding carboxylic acids is 2. The molecule has 22 heavy (non-hydrogen) atoms. The highest BCUT2D eigenvalue weighted by molar-refractivity contribution is 7.87. The van der Waals surface area contributed by atoms with Crippen LogP contribution in [0.5, 0.6) is 0 Å². The third-order valence-corrected chi connectivity index (χ3v) is 5.49. The van der Waals surface area contributed by atoms with Crippen molar-refractivity contribution in [3.05, 3.63) is 11.1 Å². The summed E-state index contributed by atoms with van der Waals surface area (Å²) in [5, 5.41) is 0. The number of carbonyl (C=O) groups is 2. The number of unbranched alkanes of at least 4 members (excludes halogenated alkanes) is 1. The van der Waals surface area contributed by atoms with Crippen LogP contribution in [-0.4, -0.2) is 45.4 Å². The monoisotopic (exact) mass is 332 g/mol. The maximum atomic E-state index is 12.1. The Kier molecular flexibility index (Phi) is 4.62. The lowest BCUT2D eigenvalue weighted by Crippen LogP contribution is -2.44. The van der Waals surface area contributed by atoms with Crippen molar-refractivity contribution in [1.29, 1.82) is 0 Å². The first-order valence-electron chi connectivity index (χ1n) is 7.17. The molecule has 1 heterocycles. The molecule has 124 valence electrons. The van der Waals surface area contributed by atoms with E-state index in [0.717, 1.165) is 20.0 Å². The van der Waals surface area contributed by atoms with Crippen LogP contribution in [-0.2, 0) is 33.4 Å². The van der Waals surface area contributed by atoms with Crippen molar-refractivity contribution in [2.24, 2.45) is 5.92 Å². The molecule has 2 atom stereocenters. The van der Waals surface area contributed by atoms with E-state index in [1.807, 2.05) is 6.92 Å². The Morgan fingerprint density at radius 2 is 2.09 bits per heavy atom. The molecule has 0 aromatic carbocycles. The maximum Gasteiger partial charge on any atom is 0.344 e. The predicted octanol–water partition coefficient (Wildman–Crippen LogP) is 0.938. The van der Waals surface area contributed by atoms with Crippen molar-refractivity contribution in [3.8, 4) is 0 Å². The molecule has 0 aromatic rings. The van der Waals surface area contributed by atoms with Gasteiger partial charge in [-0.15, -0.1) is 0 Å². The predicted molar refractivity (Wildman–Crippen MR) is 76.3 cm³/mol. The van der Waals surface area contributed by atoms with Crippen molar-refractivity contribution in [2.45, 2.75) is 38.7 Å². The van der Waals surface area contributed by atoms with Crippen molar-refractivity contribution in [2.75, 3.05) is 19.5 Å². The van der Waals surface area contributed by atoms with Gasteiger partial charge in [-0.3, -0.25) is 0 Å². The van der Waals surface area contributed by atoms with E-state index in [-0.39, 0.29) is 17.7 Å². The van der Waals surface area contributed by atoms with E-state index >= 15 is 0 Å². The van der Waals surface area contributed by atoms with Crippen LogP contribution in [0.25, 0.3) is 0 Å². The van der Waals surface area contributed by atoms with E-state index in [1.54, 1.807) is 0 Å². The highest BCUT2D eigenvalue weighted by atomic mass is 32.2. The minimum Gasteiger partial charge on any atom is -0.467 e. The first-order valence-corrected chi connectivity index (χ1v) is 8.75. The summed E-state index contributed by atoms with van der Waals surface area (Å²) in [6, 6.07) is 0. The van der Waals surface area contributed by atoms with Gasteiger partial charge in [0.1, 0.15) is 0 Å². The summed E-state index contributed by atoms with van der Waals surface area (Å²) in [6.07, 6.45) is 1.76. The van der Waals surface area contributed by atoms with Crippen LogP contribution in [0.1, 0.15) is 33.1 Å². The molecule has 8 heteroatoms. The van der Waals surface area contributed by atoms with E-state index in [4.69, 9.17) is 13.7 Å². The van der Waals surface area contributed by atoms with Gasteiger partial charge in [0.15, 0.2) is 0 Å². The Balaban J connectivity index is 2.33. The summed E-state index contributed by atoms with van der Waals surface area (Å²) in [4.78, 5) is 24.3. The Hall–Kier alpha value is -1.41. The molecule has 0 saturated carbocycles. The molecule has 2 aliphatic rings. The SMILES string of the molecule is CCCCOC(=O)C1=C(C)C2(C(=O)OC)OS(=O)(=O)CC2C1. The quantitative estimate of drug-likeness (QED) is 0.420. The van der Waals surface area contributed by atoms with Crippen LogP contribution in [0, 0.1) is 5.92 Å². The highest BCUT2D eigenvalue weighted by Gasteiger charge is 2.63. The lowest BCUT2D eigenvalue weighted by molar-refractivity contribution is -0.156. The van der Waals surface area contributed by atoms with E-state index < -0.39 is 33.6 Å². The summed E-state index contributed by atoms with van der Waals surface area (Å²) in [5.74, 6) is -2.29. The zero-order chi connectivity index (χ0) is 16.5. The van der Waals surface area contributed by atoms with Gasteiger partial charge in [-0.05, 0) is 25.3 Å². The second-order valence-corrected chi connectivity index (χ2v) is 7.14. The number of hydrogen-bond acceptors (Lipinski definition) is 7. The van der Waals surface area contributed by atoms with Crippen LogP contribution in [0.3, 0.4) is 0 Å². The average Bonchev–Trinajstić information content (AvgIpc) is 2.88. The molecule has 1 fully saturated rings. The zero-order valence-corrected chi connectivity index (χ0v) is 13.7. The van der Waals surface area contributed by atoms with Crippen LogP contribution < -0.4 is 0 Å². The highest BCUT2D eigenvalue weighted by Crippen LogP contribution is 2.50. The van der Waals surface area contributed by atoms with Gasteiger partial charge in [0.25, 0.3) is 10.1 Å². The molecule has 0 aromatic heterocycles. The topological polar surface area (TPSA) is 96.0 Å². The summed E-state index contributed by atoms with van der Waals surface area (Å²) in [6.45, 7) is 3.79. The average molecular weight is 332 g/mol. The van der Waals surface area contributed by atoms with Gasteiger partial charge in [-0.2, -0.15) is 8.42 Å². The van der Waals surface area contributed by atoms with Crippen LogP contribution in [0.15, 0.2) is 11.1 Å². The number of esters is 2. The standard InChI is InChI=1S/C14H20O7S/c1-4-5-6-20-12(15)11-7-10-8-22(17,18)21-14(10,9(11)2)13(16)19-3/h10H,4-8H2,1-3H3. The molecule has 0 radical (unpaired) electrons. The largest absolute Gasteiger partial charge is 0.467 e. The first kappa shape index (κ1) is 17.0. The fourth-order valence-corrected chi connectivity index (χ4v) is 4.64. The number of hydrogen-bond donors (Lipinski definition) is 0. The van der Waals surface area contributed by atoms with E-state index in [2.05, 4.69) is 0 Å². The third kappa shape index (κ3) is 2.65. The molecule has 0 bridgehead atoms. The maximum absolute atomic E-state index is 12.1. The molecule has 0 spiro atoms. The molecule has 2 unspecified atom stereocenters. The third-order valence-electron chi connectivity index (χ3n) is 4.17. The van der Waals surface area contributed by atoms with Crippen LogP contribution in [0.4, 0.5) is 0 Å². The Labute approximate surface area is 129 Å². The van der Waals surface area contributed by atoms with Gasteiger partial charge >= 0.3 is 11.9 Å². The van der Waals surface area contributed by atoms with Crippen molar-refractivity contribution >= 4 is 22.1 Å². The van der Waals surface area contributed by atoms with Gasteiger partial charge in [0.2, 0.25) is 5.60 Å². The number of ether oxygens (including phenoxy) is 2.